The molecule has 148 valence electrons. The Kier molecular flexibility index (Phi) is 7.08. The molecule has 1 aromatic carbocycles. The van der Waals surface area contributed by atoms with Crippen LogP contribution in [0.15, 0.2) is 35.9 Å². The first-order valence-electron chi connectivity index (χ1n) is 10.5. The van der Waals surface area contributed by atoms with Gasteiger partial charge >= 0.3 is 5.97 Å². The zero-order valence-electron chi connectivity index (χ0n) is 16.7. The van der Waals surface area contributed by atoms with E-state index in [-0.39, 0.29) is 6.42 Å². The van der Waals surface area contributed by atoms with Crippen LogP contribution in [-0.2, 0) is 4.79 Å². The fourth-order valence-corrected chi connectivity index (χ4v) is 4.46. The largest absolute Gasteiger partial charge is 0.481 e. The van der Waals surface area contributed by atoms with Gasteiger partial charge in [0.15, 0.2) is 0 Å². The molecule has 3 rings (SSSR count). The molecule has 2 unspecified atom stereocenters. The highest BCUT2D eigenvalue weighted by atomic mass is 16.4. The Morgan fingerprint density at radius 2 is 1.93 bits per heavy atom. The van der Waals surface area contributed by atoms with Crippen LogP contribution in [-0.4, -0.2) is 47.7 Å². The number of aliphatic carboxylic acids is 1. The first-order valence-corrected chi connectivity index (χ1v) is 10.5. The van der Waals surface area contributed by atoms with E-state index in [0.717, 1.165) is 6.42 Å². The van der Waals surface area contributed by atoms with E-state index in [4.69, 9.17) is 5.11 Å². The maximum atomic E-state index is 10.8. The van der Waals surface area contributed by atoms with Crippen LogP contribution in [0, 0.1) is 5.92 Å². The fourth-order valence-electron chi connectivity index (χ4n) is 4.46. The van der Waals surface area contributed by atoms with Gasteiger partial charge in [0.1, 0.15) is 0 Å². The van der Waals surface area contributed by atoms with E-state index in [1.165, 1.54) is 37.7 Å². The molecular formula is C23H34N2O2. The lowest BCUT2D eigenvalue weighted by molar-refractivity contribution is -0.137. The van der Waals surface area contributed by atoms with Crippen LogP contribution >= 0.6 is 0 Å². The lowest BCUT2D eigenvalue weighted by Gasteiger charge is -2.35. The predicted octanol–water partition coefficient (Wildman–Crippen LogP) is 4.18. The number of hydrogen-bond donors (Lipinski definition) is 2. The molecule has 2 atom stereocenters. The van der Waals surface area contributed by atoms with Crippen molar-refractivity contribution in [2.24, 2.45) is 5.92 Å². The lowest BCUT2D eigenvalue weighted by atomic mass is 9.90. The third-order valence-corrected chi connectivity index (χ3v) is 6.27. The molecule has 2 fully saturated rings. The Morgan fingerprint density at radius 3 is 2.56 bits per heavy atom. The highest BCUT2D eigenvalue weighted by Crippen LogP contribution is 2.40. The maximum Gasteiger partial charge on any atom is 0.304 e. The quantitative estimate of drug-likeness (QED) is 0.685. The second-order valence-corrected chi connectivity index (χ2v) is 8.23. The number of carbonyl (C=O) groups is 1. The second kappa shape index (κ2) is 9.52. The standard InChI is InChI=1S/C23H34N2O2/c1-3-18(15-17-7-5-4-6-8-17)21-16-22(21)24-19-9-11-20(12-10-19)25(2)14-13-23(26)27/h4-8,15,19-22,24H,3,9-14,16H2,1-2H3,(H,26,27)/b18-15+/t19-,20-,21?,22?. The second-order valence-electron chi connectivity index (χ2n) is 8.23. The van der Waals surface area contributed by atoms with E-state index in [9.17, 15) is 4.79 Å². The van der Waals surface area contributed by atoms with E-state index >= 15 is 0 Å². The summed E-state index contributed by atoms with van der Waals surface area (Å²) in [4.78, 5) is 13.0. The molecule has 0 bridgehead atoms. The molecule has 0 amide bonds. The van der Waals surface area contributed by atoms with Gasteiger partial charge in [-0.05, 0) is 57.1 Å². The van der Waals surface area contributed by atoms with Crippen LogP contribution < -0.4 is 5.32 Å². The van der Waals surface area contributed by atoms with Crippen molar-refractivity contribution in [2.75, 3.05) is 13.6 Å². The molecule has 0 spiro atoms. The average Bonchev–Trinajstić information content (AvgIpc) is 3.44. The molecule has 4 heteroatoms. The number of nitrogens with one attached hydrogen (secondary N) is 1. The van der Waals surface area contributed by atoms with Crippen molar-refractivity contribution in [1.82, 2.24) is 10.2 Å². The van der Waals surface area contributed by atoms with E-state index in [1.807, 2.05) is 0 Å². The summed E-state index contributed by atoms with van der Waals surface area (Å²) in [6.45, 7) is 2.93. The molecule has 2 N–H and O–H groups in total. The minimum atomic E-state index is -0.702. The maximum absolute atomic E-state index is 10.8. The first-order chi connectivity index (χ1) is 13.1. The van der Waals surface area contributed by atoms with Crippen LogP contribution in [0.4, 0.5) is 0 Å². The topological polar surface area (TPSA) is 52.6 Å². The van der Waals surface area contributed by atoms with Crippen LogP contribution in [0.2, 0.25) is 0 Å². The van der Waals surface area contributed by atoms with Gasteiger partial charge in [0.25, 0.3) is 0 Å². The first kappa shape index (κ1) is 20.1. The molecular weight excluding hydrogens is 336 g/mol. The minimum Gasteiger partial charge on any atom is -0.481 e. The fraction of sp³-hybridized carbons (Fsp3) is 0.609. The molecule has 0 aliphatic heterocycles. The van der Waals surface area contributed by atoms with E-state index in [1.54, 1.807) is 5.57 Å². The van der Waals surface area contributed by atoms with Gasteiger partial charge in [0, 0.05) is 24.7 Å². The van der Waals surface area contributed by atoms with Crippen LogP contribution in [0.3, 0.4) is 0 Å². The highest BCUT2D eigenvalue weighted by Gasteiger charge is 2.40. The molecule has 4 nitrogen and oxygen atoms in total. The van der Waals surface area contributed by atoms with Crippen molar-refractivity contribution in [1.29, 1.82) is 0 Å². The van der Waals surface area contributed by atoms with E-state index < -0.39 is 5.97 Å². The van der Waals surface area contributed by atoms with Crippen molar-refractivity contribution < 1.29 is 9.90 Å². The van der Waals surface area contributed by atoms with Gasteiger partial charge in [-0.15, -0.1) is 0 Å². The molecule has 2 saturated carbocycles. The van der Waals surface area contributed by atoms with Crippen molar-refractivity contribution >= 4 is 12.0 Å². The van der Waals surface area contributed by atoms with Gasteiger partial charge in [-0.2, -0.15) is 0 Å². The Hall–Kier alpha value is -1.65. The number of hydrogen-bond acceptors (Lipinski definition) is 3. The molecule has 0 radical (unpaired) electrons. The Morgan fingerprint density at radius 1 is 1.22 bits per heavy atom. The molecule has 0 saturated heterocycles. The predicted molar refractivity (Wildman–Crippen MR) is 111 cm³/mol. The van der Waals surface area contributed by atoms with E-state index in [0.29, 0.717) is 30.6 Å². The summed E-state index contributed by atoms with van der Waals surface area (Å²) in [5.41, 5.74) is 2.88. The van der Waals surface area contributed by atoms with Crippen LogP contribution in [0.25, 0.3) is 6.08 Å². The Balaban J connectivity index is 1.43. The number of carboxylic acids is 1. The van der Waals surface area contributed by atoms with E-state index in [2.05, 4.69) is 60.6 Å². The summed E-state index contributed by atoms with van der Waals surface area (Å²) < 4.78 is 0. The molecule has 1 aromatic rings. The van der Waals surface area contributed by atoms with Crippen LogP contribution in [0.1, 0.15) is 57.4 Å². The zero-order chi connectivity index (χ0) is 19.2. The Bertz CT molecular complexity index is 635. The SMILES string of the molecule is CC/C(=C\c1ccccc1)C1CC1N[C@H]1CC[C@H](N(C)CCC(=O)O)CC1. The average molecular weight is 371 g/mol. The minimum absolute atomic E-state index is 0.242. The van der Waals surface area contributed by atoms with Gasteiger partial charge in [-0.25, -0.2) is 0 Å². The van der Waals surface area contributed by atoms with Gasteiger partial charge in [0.05, 0.1) is 6.42 Å². The molecule has 0 heterocycles. The summed E-state index contributed by atoms with van der Waals surface area (Å²) in [6.07, 6.45) is 9.76. The van der Waals surface area contributed by atoms with Gasteiger partial charge in [-0.1, -0.05) is 48.9 Å². The molecule has 0 aromatic heterocycles. The number of carboxylic acid groups (broad SMARTS) is 1. The zero-order valence-corrected chi connectivity index (χ0v) is 16.7. The third-order valence-electron chi connectivity index (χ3n) is 6.27. The number of rotatable bonds is 9. The van der Waals surface area contributed by atoms with Gasteiger partial charge in [0.2, 0.25) is 0 Å². The summed E-state index contributed by atoms with van der Waals surface area (Å²) >= 11 is 0. The van der Waals surface area contributed by atoms with Gasteiger partial charge < -0.3 is 15.3 Å². The normalized spacial score (nSPS) is 28.3. The number of nitrogens with zero attached hydrogens (tertiary/aromatic N) is 1. The summed E-state index contributed by atoms with van der Waals surface area (Å²) in [6, 6.07) is 12.5. The van der Waals surface area contributed by atoms with Crippen molar-refractivity contribution in [3.8, 4) is 0 Å². The van der Waals surface area contributed by atoms with Gasteiger partial charge in [-0.3, -0.25) is 4.79 Å². The number of benzene rings is 1. The van der Waals surface area contributed by atoms with Crippen molar-refractivity contribution in [3.63, 3.8) is 0 Å². The van der Waals surface area contributed by atoms with Crippen molar-refractivity contribution in [3.05, 3.63) is 41.5 Å². The molecule has 27 heavy (non-hydrogen) atoms. The van der Waals surface area contributed by atoms with Crippen LogP contribution in [0.5, 0.6) is 0 Å². The highest BCUT2D eigenvalue weighted by molar-refractivity contribution is 5.66. The summed E-state index contributed by atoms with van der Waals surface area (Å²) in [5.74, 6) is -0.00145. The monoisotopic (exact) mass is 370 g/mol. The van der Waals surface area contributed by atoms with Crippen molar-refractivity contribution in [2.45, 2.75) is 70.0 Å². The third kappa shape index (κ3) is 5.91. The lowest BCUT2D eigenvalue weighted by Crippen LogP contribution is -2.42. The molecule has 2 aliphatic carbocycles. The summed E-state index contributed by atoms with van der Waals surface area (Å²) in [5, 5.41) is 12.8. The summed E-state index contributed by atoms with van der Waals surface area (Å²) in [7, 11) is 2.07. The Labute approximate surface area is 163 Å². The molecule has 2 aliphatic rings. The smallest absolute Gasteiger partial charge is 0.304 e.